The molecular formula is C69H134O17P2. The number of hydrogen-bond acceptors (Lipinski definition) is 15. The lowest BCUT2D eigenvalue weighted by molar-refractivity contribution is -0.161. The Bertz CT molecular complexity index is 1720. The minimum absolute atomic E-state index is 0.101. The normalized spacial score (nSPS) is 14.2. The minimum Gasteiger partial charge on any atom is -0.462 e. The van der Waals surface area contributed by atoms with Gasteiger partial charge in [0.05, 0.1) is 26.4 Å². The topological polar surface area (TPSA) is 237 Å². The van der Waals surface area contributed by atoms with Crippen LogP contribution in [0.25, 0.3) is 0 Å². The number of phosphoric acid groups is 2. The summed E-state index contributed by atoms with van der Waals surface area (Å²) in [6, 6.07) is 0. The highest BCUT2D eigenvalue weighted by molar-refractivity contribution is 7.47. The molecule has 19 heteroatoms. The number of aliphatic hydroxyl groups is 1. The lowest BCUT2D eigenvalue weighted by Gasteiger charge is -2.21. The molecule has 0 aromatic rings. The quantitative estimate of drug-likeness (QED) is 0.0222. The van der Waals surface area contributed by atoms with E-state index < -0.39 is 97.5 Å². The van der Waals surface area contributed by atoms with Gasteiger partial charge in [0.15, 0.2) is 12.2 Å². The Kier molecular flexibility index (Phi) is 59.9. The smallest absolute Gasteiger partial charge is 0.462 e. The Balaban J connectivity index is 5.15. The number of aliphatic hydroxyl groups excluding tert-OH is 1. The van der Waals surface area contributed by atoms with Gasteiger partial charge >= 0.3 is 39.5 Å². The number of ether oxygens (including phenoxy) is 4. The van der Waals surface area contributed by atoms with Gasteiger partial charge in [-0.15, -0.1) is 0 Å². The summed E-state index contributed by atoms with van der Waals surface area (Å²) >= 11 is 0. The van der Waals surface area contributed by atoms with E-state index in [0.717, 1.165) is 96.3 Å². The van der Waals surface area contributed by atoms with Crippen LogP contribution in [0.3, 0.4) is 0 Å². The second kappa shape index (κ2) is 61.3. The second-order valence-electron chi connectivity index (χ2n) is 25.9. The van der Waals surface area contributed by atoms with Crippen molar-refractivity contribution in [3.63, 3.8) is 0 Å². The first-order valence-electron chi connectivity index (χ1n) is 36.0. The standard InChI is InChI=1S/C69H134O17P2/c1-7-9-11-13-15-17-19-20-21-22-23-24-25-26-27-28-30-32-41-47-53-68(73)85-64(57-79-66(71)51-45-39-31-29-18-16-14-12-10-8-2)59-83-87(75,76)81-55-63(70)56-82-88(77,78)84-60-65(86-69(74)54-48-42-36-34-38-44-50-62(5)6)58-80-67(72)52-46-40-35-33-37-43-49-61(3)4/h61-65,70H,7-60H2,1-6H3,(H,75,76)(H,77,78)/t63-,64-,65-/m1/s1. The van der Waals surface area contributed by atoms with Gasteiger partial charge in [-0.3, -0.25) is 37.3 Å². The van der Waals surface area contributed by atoms with Crippen LogP contribution >= 0.6 is 15.6 Å². The lowest BCUT2D eigenvalue weighted by atomic mass is 10.0. The van der Waals surface area contributed by atoms with Crippen LogP contribution in [-0.4, -0.2) is 96.7 Å². The van der Waals surface area contributed by atoms with Gasteiger partial charge in [-0.25, -0.2) is 9.13 Å². The molecule has 2 unspecified atom stereocenters. The maximum atomic E-state index is 13.0. The van der Waals surface area contributed by atoms with Crippen LogP contribution in [0.1, 0.15) is 350 Å². The van der Waals surface area contributed by atoms with Crippen molar-refractivity contribution in [2.24, 2.45) is 11.8 Å². The first-order valence-corrected chi connectivity index (χ1v) is 39.0. The summed E-state index contributed by atoms with van der Waals surface area (Å²) in [5, 5.41) is 10.6. The van der Waals surface area contributed by atoms with E-state index in [1.807, 2.05) is 0 Å². The van der Waals surface area contributed by atoms with Crippen molar-refractivity contribution < 1.29 is 80.2 Å². The zero-order valence-electron chi connectivity index (χ0n) is 57.0. The SMILES string of the molecule is CCCCCCCCCCCCCCCCCCCCCCC(=O)O[C@H](COC(=O)CCCCCCCCCCCC)COP(=O)(O)OC[C@@H](O)COP(=O)(O)OC[C@@H](COC(=O)CCCCCCCCC(C)C)OC(=O)CCCCCCCCC(C)C. The van der Waals surface area contributed by atoms with Crippen molar-refractivity contribution in [3.05, 3.63) is 0 Å². The molecule has 0 aliphatic rings. The van der Waals surface area contributed by atoms with Crippen LogP contribution < -0.4 is 0 Å². The first kappa shape index (κ1) is 86.1. The van der Waals surface area contributed by atoms with Crippen LogP contribution in [0.4, 0.5) is 0 Å². The molecule has 0 fully saturated rings. The molecule has 0 aromatic carbocycles. The predicted molar refractivity (Wildman–Crippen MR) is 354 cm³/mol. The summed E-state index contributed by atoms with van der Waals surface area (Å²) in [6.07, 6.45) is 46.3. The highest BCUT2D eigenvalue weighted by Crippen LogP contribution is 2.45. The van der Waals surface area contributed by atoms with E-state index in [4.69, 9.17) is 37.0 Å². The number of unbranched alkanes of at least 4 members (excludes halogenated alkanes) is 38. The van der Waals surface area contributed by atoms with E-state index in [2.05, 4.69) is 41.5 Å². The van der Waals surface area contributed by atoms with Crippen molar-refractivity contribution in [2.75, 3.05) is 39.6 Å². The highest BCUT2D eigenvalue weighted by atomic mass is 31.2. The van der Waals surface area contributed by atoms with Crippen molar-refractivity contribution in [3.8, 4) is 0 Å². The van der Waals surface area contributed by atoms with Gasteiger partial charge in [-0.2, -0.15) is 0 Å². The van der Waals surface area contributed by atoms with Crippen LogP contribution in [0, 0.1) is 11.8 Å². The molecule has 5 atom stereocenters. The van der Waals surface area contributed by atoms with Gasteiger partial charge in [0, 0.05) is 25.7 Å². The van der Waals surface area contributed by atoms with Crippen LogP contribution in [0.15, 0.2) is 0 Å². The Morgan fingerprint density at radius 2 is 0.523 bits per heavy atom. The number of phosphoric ester groups is 2. The third kappa shape index (κ3) is 62.8. The number of carbonyl (C=O) groups excluding carboxylic acids is 4. The third-order valence-corrected chi connectivity index (χ3v) is 17.9. The largest absolute Gasteiger partial charge is 0.472 e. The highest BCUT2D eigenvalue weighted by Gasteiger charge is 2.30. The van der Waals surface area contributed by atoms with Crippen LogP contribution in [0.2, 0.25) is 0 Å². The average molecular weight is 1300 g/mol. The molecular weight excluding hydrogens is 1160 g/mol. The molecule has 0 aliphatic carbocycles. The van der Waals surface area contributed by atoms with Crippen molar-refractivity contribution in [2.45, 2.75) is 368 Å². The Morgan fingerprint density at radius 3 is 0.773 bits per heavy atom. The Morgan fingerprint density at radius 1 is 0.307 bits per heavy atom. The Hall–Kier alpha value is -1.94. The predicted octanol–water partition coefficient (Wildman–Crippen LogP) is 19.6. The van der Waals surface area contributed by atoms with Gasteiger partial charge in [0.1, 0.15) is 19.3 Å². The fourth-order valence-corrected chi connectivity index (χ4v) is 12.0. The molecule has 0 amide bonds. The fraction of sp³-hybridized carbons (Fsp3) is 0.942. The van der Waals surface area contributed by atoms with Crippen molar-refractivity contribution in [1.29, 1.82) is 0 Å². The molecule has 0 aliphatic heterocycles. The maximum Gasteiger partial charge on any atom is 0.472 e. The van der Waals surface area contributed by atoms with E-state index >= 15 is 0 Å². The number of rotatable bonds is 68. The fourth-order valence-electron chi connectivity index (χ4n) is 10.4. The van der Waals surface area contributed by atoms with Gasteiger partial charge in [-0.05, 0) is 37.5 Å². The summed E-state index contributed by atoms with van der Waals surface area (Å²) in [5.41, 5.74) is 0. The summed E-state index contributed by atoms with van der Waals surface area (Å²) in [7, 11) is -9.89. The van der Waals surface area contributed by atoms with Gasteiger partial charge in [0.2, 0.25) is 0 Å². The summed E-state index contributed by atoms with van der Waals surface area (Å²) in [5.74, 6) is -0.785. The van der Waals surface area contributed by atoms with Crippen molar-refractivity contribution >= 4 is 39.5 Å². The van der Waals surface area contributed by atoms with Crippen LogP contribution in [0.5, 0.6) is 0 Å². The second-order valence-corrected chi connectivity index (χ2v) is 28.8. The number of carbonyl (C=O) groups is 4. The van der Waals surface area contributed by atoms with Crippen LogP contribution in [-0.2, 0) is 65.4 Å². The molecule has 0 rings (SSSR count). The van der Waals surface area contributed by atoms with Crippen molar-refractivity contribution in [1.82, 2.24) is 0 Å². The molecule has 0 radical (unpaired) electrons. The van der Waals surface area contributed by atoms with Gasteiger partial charge < -0.3 is 33.8 Å². The molecule has 0 saturated carbocycles. The van der Waals surface area contributed by atoms with E-state index in [9.17, 15) is 43.2 Å². The molecule has 0 saturated heterocycles. The average Bonchev–Trinajstić information content (AvgIpc) is 3.68. The third-order valence-electron chi connectivity index (χ3n) is 16.0. The number of hydrogen-bond donors (Lipinski definition) is 3. The maximum absolute atomic E-state index is 13.0. The molecule has 0 aromatic heterocycles. The molecule has 0 heterocycles. The molecule has 0 spiro atoms. The summed E-state index contributed by atoms with van der Waals surface area (Å²) < 4.78 is 68.1. The van der Waals surface area contributed by atoms with E-state index in [1.54, 1.807) is 0 Å². The van der Waals surface area contributed by atoms with E-state index in [1.165, 1.54) is 161 Å². The van der Waals surface area contributed by atoms with E-state index in [-0.39, 0.29) is 25.7 Å². The molecule has 88 heavy (non-hydrogen) atoms. The monoisotopic (exact) mass is 1300 g/mol. The molecule has 3 N–H and O–H groups in total. The number of esters is 4. The molecule has 522 valence electrons. The minimum atomic E-state index is -4.95. The molecule has 17 nitrogen and oxygen atoms in total. The van der Waals surface area contributed by atoms with E-state index in [0.29, 0.717) is 37.5 Å². The summed E-state index contributed by atoms with van der Waals surface area (Å²) in [4.78, 5) is 72.3. The Labute approximate surface area is 537 Å². The van der Waals surface area contributed by atoms with Gasteiger partial charge in [-0.1, -0.05) is 298 Å². The first-order chi connectivity index (χ1) is 42.4. The molecule has 0 bridgehead atoms. The lowest BCUT2D eigenvalue weighted by Crippen LogP contribution is -2.30. The summed E-state index contributed by atoms with van der Waals surface area (Å²) in [6.45, 7) is 9.35. The van der Waals surface area contributed by atoms with Gasteiger partial charge in [0.25, 0.3) is 0 Å². The zero-order valence-corrected chi connectivity index (χ0v) is 58.8. The zero-order chi connectivity index (χ0) is 65.0.